The Morgan fingerprint density at radius 3 is 2.95 bits per heavy atom. The van der Waals surface area contributed by atoms with Crippen molar-refractivity contribution in [3.8, 4) is 0 Å². The van der Waals surface area contributed by atoms with Gasteiger partial charge in [-0.3, -0.25) is 9.78 Å². The normalized spacial score (nSPS) is 17.4. The van der Waals surface area contributed by atoms with E-state index in [0.29, 0.717) is 11.4 Å². The second-order valence-corrected chi connectivity index (χ2v) is 4.71. The number of rotatable bonds is 2. The van der Waals surface area contributed by atoms with E-state index in [1.165, 1.54) is 17.4 Å². The maximum atomic E-state index is 13.2. The molecule has 8 heteroatoms. The van der Waals surface area contributed by atoms with Gasteiger partial charge in [-0.2, -0.15) is 0 Å². The average molecular weight is 290 g/mol. The van der Waals surface area contributed by atoms with Gasteiger partial charge in [-0.1, -0.05) is 0 Å². The molecular weight excluding hydrogens is 279 g/mol. The summed E-state index contributed by atoms with van der Waals surface area (Å²) in [5.74, 6) is -2.34. The molecule has 2 N–H and O–H groups in total. The number of carbonyl (C=O) groups excluding carboxylic acids is 1. The number of H-pyrrole nitrogens is 1. The van der Waals surface area contributed by atoms with Crippen molar-refractivity contribution in [3.63, 3.8) is 0 Å². The second kappa shape index (κ2) is 4.97. The maximum Gasteiger partial charge on any atom is 0.326 e. The quantitative estimate of drug-likeness (QED) is 0.843. The van der Waals surface area contributed by atoms with Gasteiger partial charge in [-0.05, 0) is 6.07 Å². The molecule has 0 aliphatic carbocycles. The maximum absolute atomic E-state index is 13.2. The molecule has 3 rings (SSSR count). The van der Waals surface area contributed by atoms with E-state index < -0.39 is 23.7 Å². The van der Waals surface area contributed by atoms with Crippen LogP contribution in [0.15, 0.2) is 24.8 Å². The van der Waals surface area contributed by atoms with E-state index in [-0.39, 0.29) is 18.5 Å². The molecule has 3 heterocycles. The molecule has 1 atom stereocenters. The molecule has 108 valence electrons. The molecule has 0 saturated heterocycles. The number of aromatic amines is 1. The number of amides is 1. The summed E-state index contributed by atoms with van der Waals surface area (Å²) in [6, 6.07) is 0.00746. The van der Waals surface area contributed by atoms with Gasteiger partial charge in [0.05, 0.1) is 36.0 Å². The monoisotopic (exact) mass is 290 g/mol. The number of nitrogens with zero attached hydrogens (tertiary/aromatic N) is 3. The predicted molar refractivity (Wildman–Crippen MR) is 67.8 cm³/mol. The minimum atomic E-state index is -1.12. The number of imidazole rings is 1. The zero-order chi connectivity index (χ0) is 15.0. The summed E-state index contributed by atoms with van der Waals surface area (Å²) >= 11 is 0. The van der Waals surface area contributed by atoms with Gasteiger partial charge in [0.1, 0.15) is 11.9 Å². The average Bonchev–Trinajstić information content (AvgIpc) is 2.92. The van der Waals surface area contributed by atoms with Crippen molar-refractivity contribution in [1.82, 2.24) is 19.9 Å². The molecule has 0 bridgehead atoms. The Morgan fingerprint density at radius 2 is 2.24 bits per heavy atom. The highest BCUT2D eigenvalue weighted by Crippen LogP contribution is 2.22. The number of aliphatic carboxylic acids is 1. The van der Waals surface area contributed by atoms with E-state index in [9.17, 15) is 19.1 Å². The Balaban J connectivity index is 1.95. The van der Waals surface area contributed by atoms with Crippen LogP contribution in [0.1, 0.15) is 21.7 Å². The number of hydrogen-bond acceptors (Lipinski definition) is 4. The van der Waals surface area contributed by atoms with E-state index in [1.807, 2.05) is 0 Å². The van der Waals surface area contributed by atoms with Crippen molar-refractivity contribution < 1.29 is 19.1 Å². The Morgan fingerprint density at radius 1 is 1.43 bits per heavy atom. The molecule has 2 aromatic heterocycles. The van der Waals surface area contributed by atoms with Crippen molar-refractivity contribution >= 4 is 11.9 Å². The van der Waals surface area contributed by atoms with Gasteiger partial charge < -0.3 is 15.0 Å². The molecule has 0 spiro atoms. The van der Waals surface area contributed by atoms with Gasteiger partial charge in [0, 0.05) is 12.6 Å². The smallest absolute Gasteiger partial charge is 0.326 e. The molecular formula is C13H11FN4O3. The van der Waals surface area contributed by atoms with E-state index in [1.54, 1.807) is 0 Å². The van der Waals surface area contributed by atoms with Crippen LogP contribution >= 0.6 is 0 Å². The number of carbonyl (C=O) groups is 2. The van der Waals surface area contributed by atoms with Gasteiger partial charge in [0.2, 0.25) is 0 Å². The lowest BCUT2D eigenvalue weighted by Gasteiger charge is -2.32. The van der Waals surface area contributed by atoms with Crippen LogP contribution in [-0.4, -0.2) is 42.9 Å². The number of pyridine rings is 1. The molecule has 0 radical (unpaired) electrons. The summed E-state index contributed by atoms with van der Waals surface area (Å²) in [5.41, 5.74) is 1.33. The molecule has 1 amide bonds. The molecule has 0 aromatic carbocycles. The molecule has 1 aliphatic rings. The van der Waals surface area contributed by atoms with Gasteiger partial charge in [0.15, 0.2) is 0 Å². The lowest BCUT2D eigenvalue weighted by Crippen LogP contribution is -2.48. The number of fused-ring (bicyclic) bond motifs is 1. The van der Waals surface area contributed by atoms with Crippen molar-refractivity contribution in [1.29, 1.82) is 0 Å². The minimum Gasteiger partial charge on any atom is -0.480 e. The summed E-state index contributed by atoms with van der Waals surface area (Å²) in [6.45, 7) is 0.0850. The molecule has 2 aromatic rings. The number of aromatic nitrogens is 3. The van der Waals surface area contributed by atoms with Gasteiger partial charge in [0.25, 0.3) is 5.91 Å². The number of carboxylic acids is 1. The van der Waals surface area contributed by atoms with Crippen LogP contribution in [0.2, 0.25) is 0 Å². The molecule has 21 heavy (non-hydrogen) atoms. The van der Waals surface area contributed by atoms with Crippen LogP contribution in [0.4, 0.5) is 4.39 Å². The van der Waals surface area contributed by atoms with Crippen LogP contribution in [0.25, 0.3) is 0 Å². The van der Waals surface area contributed by atoms with E-state index in [2.05, 4.69) is 15.0 Å². The SMILES string of the molecule is O=C(O)C1Cc2nc[nH]c2CN1C(=O)c1cncc(F)c1. The number of nitrogens with one attached hydrogen (secondary N) is 1. The zero-order valence-corrected chi connectivity index (χ0v) is 10.8. The fourth-order valence-electron chi connectivity index (χ4n) is 2.36. The van der Waals surface area contributed by atoms with E-state index >= 15 is 0 Å². The van der Waals surface area contributed by atoms with Crippen LogP contribution in [-0.2, 0) is 17.8 Å². The molecule has 0 fully saturated rings. The summed E-state index contributed by atoms with van der Waals surface area (Å²) in [4.78, 5) is 35.5. The Kier molecular flexibility index (Phi) is 3.13. The lowest BCUT2D eigenvalue weighted by molar-refractivity contribution is -0.142. The standard InChI is InChI=1S/C13H11FN4O3/c14-8-1-7(3-15-4-8)12(19)18-5-10-9(16-6-17-10)2-11(18)13(20)21/h1,3-4,6,11H,2,5H2,(H,16,17)(H,20,21). The third-order valence-electron chi connectivity index (χ3n) is 3.40. The van der Waals surface area contributed by atoms with Crippen LogP contribution in [0.3, 0.4) is 0 Å². The highest BCUT2D eigenvalue weighted by Gasteiger charge is 2.36. The predicted octanol–water partition coefficient (Wildman–Crippen LogP) is 0.595. The highest BCUT2D eigenvalue weighted by atomic mass is 19.1. The zero-order valence-electron chi connectivity index (χ0n) is 10.8. The third-order valence-corrected chi connectivity index (χ3v) is 3.40. The van der Waals surface area contributed by atoms with Crippen molar-refractivity contribution in [3.05, 3.63) is 47.6 Å². The summed E-state index contributed by atoms with van der Waals surface area (Å²) < 4.78 is 13.2. The first kappa shape index (κ1) is 13.2. The molecule has 1 unspecified atom stereocenters. The van der Waals surface area contributed by atoms with Gasteiger partial charge >= 0.3 is 5.97 Å². The Hall–Kier alpha value is -2.77. The van der Waals surface area contributed by atoms with E-state index in [4.69, 9.17) is 0 Å². The van der Waals surface area contributed by atoms with Crippen molar-refractivity contribution in [2.45, 2.75) is 19.0 Å². The summed E-state index contributed by atoms with van der Waals surface area (Å²) in [5, 5.41) is 9.30. The van der Waals surface area contributed by atoms with Gasteiger partial charge in [-0.25, -0.2) is 14.2 Å². The molecule has 0 saturated carbocycles. The largest absolute Gasteiger partial charge is 0.480 e. The first-order chi connectivity index (χ1) is 10.1. The van der Waals surface area contributed by atoms with Crippen molar-refractivity contribution in [2.24, 2.45) is 0 Å². The summed E-state index contributed by atoms with van der Waals surface area (Å²) in [7, 11) is 0. The minimum absolute atomic E-state index is 0.0178. The summed E-state index contributed by atoms with van der Waals surface area (Å²) in [6.07, 6.45) is 3.77. The highest BCUT2D eigenvalue weighted by molar-refractivity contribution is 5.96. The topological polar surface area (TPSA) is 99.2 Å². The third kappa shape index (κ3) is 2.35. The first-order valence-electron chi connectivity index (χ1n) is 6.21. The first-order valence-corrected chi connectivity index (χ1v) is 6.21. The van der Waals surface area contributed by atoms with Gasteiger partial charge in [-0.15, -0.1) is 0 Å². The second-order valence-electron chi connectivity index (χ2n) is 4.71. The Labute approximate surface area is 118 Å². The van der Waals surface area contributed by atoms with Crippen LogP contribution in [0, 0.1) is 5.82 Å². The fraction of sp³-hybridized carbons (Fsp3) is 0.231. The van der Waals surface area contributed by atoms with Crippen molar-refractivity contribution in [2.75, 3.05) is 0 Å². The van der Waals surface area contributed by atoms with E-state index in [0.717, 1.165) is 12.3 Å². The lowest BCUT2D eigenvalue weighted by atomic mass is 10.0. The number of carboxylic acid groups (broad SMARTS) is 1. The molecule has 7 nitrogen and oxygen atoms in total. The fourth-order valence-corrected chi connectivity index (χ4v) is 2.36. The van der Waals surface area contributed by atoms with Crippen LogP contribution in [0.5, 0.6) is 0 Å². The Bertz CT molecular complexity index is 715. The van der Waals surface area contributed by atoms with Crippen LogP contribution < -0.4 is 0 Å². The number of hydrogen-bond donors (Lipinski definition) is 2. The molecule has 1 aliphatic heterocycles. The number of halogens is 1.